The third-order valence-corrected chi connectivity index (χ3v) is 4.19. The lowest BCUT2D eigenvalue weighted by molar-refractivity contribution is 0.286. The molecule has 1 N–H and O–H groups in total. The molecule has 1 heterocycles. The molecule has 0 radical (unpaired) electrons. The first-order valence-corrected chi connectivity index (χ1v) is 6.75. The number of nitrogens with one attached hydrogen (secondary N) is 1. The Labute approximate surface area is 99.8 Å². The van der Waals surface area contributed by atoms with Crippen molar-refractivity contribution in [1.82, 2.24) is 10.2 Å². The van der Waals surface area contributed by atoms with Crippen LogP contribution in [0.2, 0.25) is 0 Å². The summed E-state index contributed by atoms with van der Waals surface area (Å²) in [4.78, 5) is 2.37. The molecule has 1 saturated carbocycles. The lowest BCUT2D eigenvalue weighted by Gasteiger charge is -2.24. The lowest BCUT2D eigenvalue weighted by atomic mass is 9.85. The summed E-state index contributed by atoms with van der Waals surface area (Å²) in [6, 6.07) is 1.49. The average molecular weight is 220 g/mol. The summed E-state index contributed by atoms with van der Waals surface area (Å²) in [6.07, 6.45) is 12.4. The third-order valence-electron chi connectivity index (χ3n) is 4.19. The van der Waals surface area contributed by atoms with Crippen molar-refractivity contribution in [2.45, 2.75) is 51.1 Å². The fourth-order valence-corrected chi connectivity index (χ4v) is 3.32. The second kappa shape index (κ2) is 5.70. The minimum atomic E-state index is 0.682. The van der Waals surface area contributed by atoms with Gasteiger partial charge < -0.3 is 5.32 Å². The average Bonchev–Trinajstić information content (AvgIpc) is 2.70. The van der Waals surface area contributed by atoms with Crippen molar-refractivity contribution >= 4 is 0 Å². The maximum Gasteiger partial charge on any atom is 0.0599 e. The summed E-state index contributed by atoms with van der Waals surface area (Å²) in [7, 11) is 0. The first kappa shape index (κ1) is 12.0. The van der Waals surface area contributed by atoms with Crippen LogP contribution in [0.5, 0.6) is 0 Å². The van der Waals surface area contributed by atoms with Crippen LogP contribution in [0.1, 0.15) is 39.0 Å². The van der Waals surface area contributed by atoms with Crippen LogP contribution in [-0.2, 0) is 0 Å². The van der Waals surface area contributed by atoms with E-state index in [4.69, 9.17) is 6.42 Å². The molecule has 2 fully saturated rings. The van der Waals surface area contributed by atoms with Gasteiger partial charge in [-0.25, -0.2) is 0 Å². The van der Waals surface area contributed by atoms with Crippen LogP contribution in [0.4, 0.5) is 0 Å². The van der Waals surface area contributed by atoms with Gasteiger partial charge in [0.2, 0.25) is 0 Å². The zero-order valence-corrected chi connectivity index (χ0v) is 10.4. The monoisotopic (exact) mass is 220 g/mol. The number of hydrogen-bond acceptors (Lipinski definition) is 2. The van der Waals surface area contributed by atoms with E-state index in [2.05, 4.69) is 23.1 Å². The third kappa shape index (κ3) is 2.78. The number of fused-ring (bicyclic) bond motifs is 1. The quantitative estimate of drug-likeness (QED) is 0.728. The Balaban J connectivity index is 1.81. The van der Waals surface area contributed by atoms with Gasteiger partial charge in [0.25, 0.3) is 0 Å². The Kier molecular flexibility index (Phi) is 4.26. The van der Waals surface area contributed by atoms with E-state index in [0.29, 0.717) is 6.04 Å². The molecule has 2 nitrogen and oxygen atoms in total. The first-order chi connectivity index (χ1) is 7.83. The molecule has 0 aromatic carbocycles. The minimum absolute atomic E-state index is 0.682. The molecule has 3 unspecified atom stereocenters. The van der Waals surface area contributed by atoms with E-state index in [1.54, 1.807) is 0 Å². The highest BCUT2D eigenvalue weighted by Crippen LogP contribution is 2.33. The van der Waals surface area contributed by atoms with Gasteiger partial charge in [-0.1, -0.05) is 25.7 Å². The molecule has 0 amide bonds. The van der Waals surface area contributed by atoms with Crippen molar-refractivity contribution in [2.75, 3.05) is 19.6 Å². The molecule has 0 bridgehead atoms. The van der Waals surface area contributed by atoms with Crippen molar-refractivity contribution in [1.29, 1.82) is 0 Å². The topological polar surface area (TPSA) is 15.3 Å². The first-order valence-electron chi connectivity index (χ1n) is 6.75. The van der Waals surface area contributed by atoms with Crippen LogP contribution in [0.3, 0.4) is 0 Å². The van der Waals surface area contributed by atoms with Gasteiger partial charge in [-0.05, 0) is 31.7 Å². The van der Waals surface area contributed by atoms with E-state index in [9.17, 15) is 0 Å². The summed E-state index contributed by atoms with van der Waals surface area (Å²) >= 11 is 0. The molecule has 2 rings (SSSR count). The molecule has 2 heteroatoms. The summed E-state index contributed by atoms with van der Waals surface area (Å²) in [5, 5.41) is 3.81. The molecule has 1 saturated heterocycles. The van der Waals surface area contributed by atoms with Gasteiger partial charge in [0.15, 0.2) is 0 Å². The maximum absolute atomic E-state index is 5.38. The minimum Gasteiger partial charge on any atom is -0.310 e. The predicted octanol–water partition coefficient (Wildman–Crippen LogP) is 1.86. The van der Waals surface area contributed by atoms with Crippen LogP contribution in [-0.4, -0.2) is 36.6 Å². The van der Waals surface area contributed by atoms with Gasteiger partial charge in [0.05, 0.1) is 6.54 Å². The smallest absolute Gasteiger partial charge is 0.0599 e. The highest BCUT2D eigenvalue weighted by molar-refractivity contribution is 4.95. The summed E-state index contributed by atoms with van der Waals surface area (Å²) in [5.41, 5.74) is 0. The largest absolute Gasteiger partial charge is 0.310 e. The van der Waals surface area contributed by atoms with Crippen molar-refractivity contribution in [2.24, 2.45) is 5.92 Å². The fourth-order valence-electron chi connectivity index (χ4n) is 3.32. The van der Waals surface area contributed by atoms with E-state index in [0.717, 1.165) is 31.6 Å². The van der Waals surface area contributed by atoms with Gasteiger partial charge >= 0.3 is 0 Å². The molecule has 3 atom stereocenters. The molecule has 0 aromatic heterocycles. The van der Waals surface area contributed by atoms with Crippen LogP contribution in [0.15, 0.2) is 0 Å². The molecule has 16 heavy (non-hydrogen) atoms. The SMILES string of the molecule is C#CCN(CC)CC1CC2CCCCC2N1. The number of nitrogens with zero attached hydrogens (tertiary/aromatic N) is 1. The second-order valence-electron chi connectivity index (χ2n) is 5.28. The van der Waals surface area contributed by atoms with Gasteiger partial charge in [-0.3, -0.25) is 4.90 Å². The summed E-state index contributed by atoms with van der Waals surface area (Å²) in [5.74, 6) is 3.70. The van der Waals surface area contributed by atoms with Crippen LogP contribution in [0, 0.1) is 18.3 Å². The second-order valence-corrected chi connectivity index (χ2v) is 5.28. The van der Waals surface area contributed by atoms with Crippen molar-refractivity contribution in [3.05, 3.63) is 0 Å². The molecule has 0 spiro atoms. The number of rotatable bonds is 4. The zero-order chi connectivity index (χ0) is 11.4. The van der Waals surface area contributed by atoms with E-state index in [-0.39, 0.29) is 0 Å². The molecular formula is C14H24N2. The van der Waals surface area contributed by atoms with Gasteiger partial charge in [0.1, 0.15) is 0 Å². The molecule has 2 aliphatic rings. The fraction of sp³-hybridized carbons (Fsp3) is 0.857. The van der Waals surface area contributed by atoms with E-state index in [1.165, 1.54) is 32.1 Å². The molecular weight excluding hydrogens is 196 g/mol. The van der Waals surface area contributed by atoms with Crippen LogP contribution in [0.25, 0.3) is 0 Å². The number of terminal acetylenes is 1. The predicted molar refractivity (Wildman–Crippen MR) is 68.2 cm³/mol. The molecule has 0 aromatic rings. The van der Waals surface area contributed by atoms with E-state index >= 15 is 0 Å². The van der Waals surface area contributed by atoms with Crippen LogP contribution < -0.4 is 5.32 Å². The van der Waals surface area contributed by atoms with Crippen molar-refractivity contribution in [3.63, 3.8) is 0 Å². The van der Waals surface area contributed by atoms with E-state index in [1.807, 2.05) is 0 Å². The highest BCUT2D eigenvalue weighted by atomic mass is 15.2. The Morgan fingerprint density at radius 2 is 2.19 bits per heavy atom. The molecule has 90 valence electrons. The molecule has 1 aliphatic carbocycles. The Morgan fingerprint density at radius 3 is 2.88 bits per heavy atom. The lowest BCUT2D eigenvalue weighted by Crippen LogP contribution is -2.40. The normalized spacial score (nSPS) is 33.7. The maximum atomic E-state index is 5.38. The highest BCUT2D eigenvalue weighted by Gasteiger charge is 2.35. The zero-order valence-electron chi connectivity index (χ0n) is 10.4. The Bertz CT molecular complexity index is 242. The number of likely N-dealkylation sites (N-methyl/N-ethyl adjacent to an activating group) is 1. The van der Waals surface area contributed by atoms with Crippen LogP contribution >= 0.6 is 0 Å². The molecule has 1 aliphatic heterocycles. The van der Waals surface area contributed by atoms with Gasteiger partial charge in [-0.2, -0.15) is 0 Å². The number of hydrogen-bond donors (Lipinski definition) is 1. The van der Waals surface area contributed by atoms with Crippen molar-refractivity contribution in [3.8, 4) is 12.3 Å². The van der Waals surface area contributed by atoms with Gasteiger partial charge in [-0.15, -0.1) is 6.42 Å². The van der Waals surface area contributed by atoms with E-state index < -0.39 is 0 Å². The standard InChI is InChI=1S/C14H24N2/c1-3-9-16(4-2)11-13-10-12-7-5-6-8-14(12)15-13/h1,12-15H,4-11H2,2H3. The van der Waals surface area contributed by atoms with Gasteiger partial charge in [0, 0.05) is 18.6 Å². The van der Waals surface area contributed by atoms with Crippen molar-refractivity contribution < 1.29 is 0 Å². The summed E-state index contributed by atoms with van der Waals surface area (Å²) < 4.78 is 0. The summed E-state index contributed by atoms with van der Waals surface area (Å²) in [6.45, 7) is 5.19. The Morgan fingerprint density at radius 1 is 1.38 bits per heavy atom. The Hall–Kier alpha value is -0.520.